The molecule has 1 aliphatic rings. The number of fused-ring (bicyclic) bond motifs is 1. The molecule has 0 saturated heterocycles. The van der Waals surface area contributed by atoms with Gasteiger partial charge in [-0.1, -0.05) is 12.8 Å². The molecule has 1 fully saturated rings. The molecule has 34 heavy (non-hydrogen) atoms. The number of pyridine rings is 1. The van der Waals surface area contributed by atoms with Crippen LogP contribution in [-0.4, -0.2) is 38.2 Å². The molecule has 0 bridgehead atoms. The first-order valence-electron chi connectivity index (χ1n) is 11.6. The zero-order chi connectivity index (χ0) is 23.7. The van der Waals surface area contributed by atoms with E-state index in [4.69, 9.17) is 14.8 Å². The first-order valence-corrected chi connectivity index (χ1v) is 11.6. The molecule has 1 aliphatic carbocycles. The Bertz CT molecular complexity index is 1340. The largest absolute Gasteiger partial charge is 0.462 e. The summed E-state index contributed by atoms with van der Waals surface area (Å²) < 4.78 is 20.6. The Morgan fingerprint density at radius 3 is 2.65 bits per heavy atom. The van der Waals surface area contributed by atoms with Crippen molar-refractivity contribution in [3.63, 3.8) is 0 Å². The molecule has 1 aromatic carbocycles. The van der Waals surface area contributed by atoms with Crippen LogP contribution in [0.1, 0.15) is 48.7 Å². The number of ether oxygens (including phenoxy) is 1. The Hall–Kier alpha value is -3.81. The number of esters is 1. The molecule has 3 aromatic heterocycles. The fourth-order valence-electron chi connectivity index (χ4n) is 4.54. The van der Waals surface area contributed by atoms with Crippen LogP contribution in [0.2, 0.25) is 0 Å². The summed E-state index contributed by atoms with van der Waals surface area (Å²) in [6, 6.07) is 12.0. The van der Waals surface area contributed by atoms with Crippen LogP contribution >= 0.6 is 0 Å². The lowest BCUT2D eigenvalue weighted by Gasteiger charge is -2.12. The second-order valence-electron chi connectivity index (χ2n) is 8.47. The zero-order valence-corrected chi connectivity index (χ0v) is 19.2. The fraction of sp³-hybridized carbons (Fsp3) is 0.308. The number of nitrogens with zero attached hydrogens (tertiary/aromatic N) is 4. The van der Waals surface area contributed by atoms with Gasteiger partial charge in [0.2, 0.25) is 5.95 Å². The van der Waals surface area contributed by atoms with Gasteiger partial charge in [0, 0.05) is 17.8 Å². The van der Waals surface area contributed by atoms with Gasteiger partial charge in [-0.2, -0.15) is 5.10 Å². The van der Waals surface area contributed by atoms with Gasteiger partial charge < -0.3 is 10.1 Å². The molecule has 4 aromatic rings. The first-order chi connectivity index (χ1) is 16.5. The predicted molar refractivity (Wildman–Crippen MR) is 128 cm³/mol. The molecule has 0 spiro atoms. The molecule has 1 N–H and O–H groups in total. The van der Waals surface area contributed by atoms with Crippen molar-refractivity contribution in [1.82, 2.24) is 19.6 Å². The maximum Gasteiger partial charge on any atom is 0.339 e. The average Bonchev–Trinajstić information content (AvgIpc) is 3.48. The van der Waals surface area contributed by atoms with E-state index < -0.39 is 5.97 Å². The molecular weight excluding hydrogens is 433 g/mol. The molecule has 0 atom stereocenters. The van der Waals surface area contributed by atoms with Gasteiger partial charge in [-0.05, 0) is 69.2 Å². The van der Waals surface area contributed by atoms with Gasteiger partial charge in [-0.25, -0.2) is 23.7 Å². The second-order valence-corrected chi connectivity index (χ2v) is 8.47. The number of benzene rings is 1. The highest BCUT2D eigenvalue weighted by Crippen LogP contribution is 2.36. The number of carbonyl (C=O) groups is 1. The third kappa shape index (κ3) is 4.11. The monoisotopic (exact) mass is 459 g/mol. The topological polar surface area (TPSA) is 81.4 Å². The third-order valence-electron chi connectivity index (χ3n) is 6.25. The van der Waals surface area contributed by atoms with Crippen molar-refractivity contribution in [3.05, 3.63) is 65.7 Å². The summed E-state index contributed by atoms with van der Waals surface area (Å²) in [4.78, 5) is 21.7. The lowest BCUT2D eigenvalue weighted by Crippen LogP contribution is -2.16. The SMILES string of the molecule is CCOC(=O)c1ccc2c(-c3ccnc(NC4CCCC4)n3)c(-c3ccc(F)cc3)nn2c1C. The molecule has 1 saturated carbocycles. The van der Waals surface area contributed by atoms with Crippen LogP contribution in [-0.2, 0) is 4.74 Å². The van der Waals surface area contributed by atoms with Crippen molar-refractivity contribution >= 4 is 17.4 Å². The maximum absolute atomic E-state index is 13.6. The maximum atomic E-state index is 13.6. The van der Waals surface area contributed by atoms with Crippen LogP contribution in [0, 0.1) is 12.7 Å². The van der Waals surface area contributed by atoms with Crippen molar-refractivity contribution in [1.29, 1.82) is 0 Å². The highest BCUT2D eigenvalue weighted by molar-refractivity contribution is 5.95. The van der Waals surface area contributed by atoms with Gasteiger partial charge in [0.05, 0.1) is 34.6 Å². The van der Waals surface area contributed by atoms with Crippen molar-refractivity contribution in [2.45, 2.75) is 45.6 Å². The van der Waals surface area contributed by atoms with E-state index in [9.17, 15) is 9.18 Å². The molecule has 174 valence electrons. The van der Waals surface area contributed by atoms with E-state index >= 15 is 0 Å². The lowest BCUT2D eigenvalue weighted by atomic mass is 10.0. The first kappa shape index (κ1) is 22.0. The van der Waals surface area contributed by atoms with E-state index in [1.807, 2.05) is 19.1 Å². The Morgan fingerprint density at radius 2 is 1.91 bits per heavy atom. The van der Waals surface area contributed by atoms with Crippen LogP contribution in [0.5, 0.6) is 0 Å². The Labute approximate surface area is 197 Å². The van der Waals surface area contributed by atoms with E-state index in [0.717, 1.165) is 29.5 Å². The average molecular weight is 460 g/mol. The van der Waals surface area contributed by atoms with Crippen LogP contribution in [0.15, 0.2) is 48.7 Å². The van der Waals surface area contributed by atoms with E-state index in [0.29, 0.717) is 41.2 Å². The normalized spacial score (nSPS) is 14.0. The van der Waals surface area contributed by atoms with Crippen molar-refractivity contribution in [2.24, 2.45) is 0 Å². The lowest BCUT2D eigenvalue weighted by molar-refractivity contribution is 0.0524. The molecule has 0 radical (unpaired) electrons. The molecule has 0 unspecified atom stereocenters. The number of nitrogens with one attached hydrogen (secondary N) is 1. The summed E-state index contributed by atoms with van der Waals surface area (Å²) >= 11 is 0. The minimum Gasteiger partial charge on any atom is -0.462 e. The Morgan fingerprint density at radius 1 is 1.15 bits per heavy atom. The summed E-state index contributed by atoms with van der Waals surface area (Å²) in [5.74, 6) is -0.138. The number of rotatable bonds is 6. The molecule has 0 aliphatic heterocycles. The number of hydrogen-bond acceptors (Lipinski definition) is 6. The third-order valence-corrected chi connectivity index (χ3v) is 6.25. The number of aromatic nitrogens is 4. The number of aryl methyl sites for hydroxylation is 1. The van der Waals surface area contributed by atoms with E-state index in [2.05, 4.69) is 10.3 Å². The minimum absolute atomic E-state index is 0.291. The molecule has 8 heteroatoms. The van der Waals surface area contributed by atoms with Gasteiger partial charge in [0.25, 0.3) is 0 Å². The number of hydrogen-bond donors (Lipinski definition) is 1. The Balaban J connectivity index is 1.67. The van der Waals surface area contributed by atoms with Gasteiger partial charge in [-0.15, -0.1) is 0 Å². The van der Waals surface area contributed by atoms with Gasteiger partial charge in [-0.3, -0.25) is 0 Å². The standard InChI is InChI=1S/C26H26FN5O2/c1-3-34-25(33)20-12-13-22-23(21-14-15-28-26(30-21)29-19-6-4-5-7-19)24(31-32(22)16(20)2)17-8-10-18(27)11-9-17/h8-15,19H,3-7H2,1-2H3,(H,28,29,30). The summed E-state index contributed by atoms with van der Waals surface area (Å²) in [5, 5.41) is 8.28. The summed E-state index contributed by atoms with van der Waals surface area (Å²) in [6.07, 6.45) is 6.38. The van der Waals surface area contributed by atoms with E-state index in [-0.39, 0.29) is 5.82 Å². The molecular formula is C26H26FN5O2. The van der Waals surface area contributed by atoms with E-state index in [1.54, 1.807) is 35.8 Å². The quantitative estimate of drug-likeness (QED) is 0.387. The van der Waals surface area contributed by atoms with Gasteiger partial charge in [0.1, 0.15) is 11.5 Å². The molecule has 7 nitrogen and oxygen atoms in total. The number of halogens is 1. The summed E-state index contributed by atoms with van der Waals surface area (Å²) in [5.41, 5.74) is 4.78. The van der Waals surface area contributed by atoms with Gasteiger partial charge in [0.15, 0.2) is 0 Å². The number of carbonyl (C=O) groups excluding carboxylic acids is 1. The molecule has 5 rings (SSSR count). The molecule has 3 heterocycles. The predicted octanol–water partition coefficient (Wildman–Crippen LogP) is 5.44. The van der Waals surface area contributed by atoms with Crippen LogP contribution < -0.4 is 5.32 Å². The van der Waals surface area contributed by atoms with Crippen molar-refractivity contribution in [2.75, 3.05) is 11.9 Å². The van der Waals surface area contributed by atoms with Crippen LogP contribution in [0.3, 0.4) is 0 Å². The fourth-order valence-corrected chi connectivity index (χ4v) is 4.54. The number of anilines is 1. The smallest absolute Gasteiger partial charge is 0.339 e. The van der Waals surface area contributed by atoms with Crippen molar-refractivity contribution < 1.29 is 13.9 Å². The van der Waals surface area contributed by atoms with Gasteiger partial charge >= 0.3 is 5.97 Å². The van der Waals surface area contributed by atoms with E-state index in [1.165, 1.54) is 25.0 Å². The highest BCUT2D eigenvalue weighted by atomic mass is 19.1. The molecule has 0 amide bonds. The van der Waals surface area contributed by atoms with Crippen LogP contribution in [0.4, 0.5) is 10.3 Å². The summed E-state index contributed by atoms with van der Waals surface area (Å²) in [7, 11) is 0. The Kier molecular flexibility index (Phi) is 5.96. The van der Waals surface area contributed by atoms with Crippen LogP contribution in [0.25, 0.3) is 28.0 Å². The van der Waals surface area contributed by atoms with Crippen molar-refractivity contribution in [3.8, 4) is 22.5 Å². The summed E-state index contributed by atoms with van der Waals surface area (Å²) in [6.45, 7) is 3.90. The minimum atomic E-state index is -0.396. The zero-order valence-electron chi connectivity index (χ0n) is 19.2. The second kappa shape index (κ2) is 9.21. The highest BCUT2D eigenvalue weighted by Gasteiger charge is 2.23.